The molecule has 1 heterocycles. The monoisotopic (exact) mass is 617 g/mol. The van der Waals surface area contributed by atoms with E-state index in [0.29, 0.717) is 25.0 Å². The Morgan fingerprint density at radius 1 is 0.955 bits per heavy atom. The number of ketones is 1. The summed E-state index contributed by atoms with van der Waals surface area (Å²) < 4.78 is 13.8. The lowest BCUT2D eigenvalue weighted by Crippen LogP contribution is -2.30. The second kappa shape index (κ2) is 18.7. The number of allylic oxidation sites excluding steroid dienone is 2. The molecular weight excluding hydrogens is 548 g/mol. The molecule has 0 aromatic carbocycles. The Morgan fingerprint density at radius 3 is 1.98 bits per heavy atom. The van der Waals surface area contributed by atoms with E-state index in [1.54, 1.807) is 6.21 Å². The minimum atomic E-state index is -0.490. The molecule has 0 aliphatic carbocycles. The van der Waals surface area contributed by atoms with Gasteiger partial charge in [-0.1, -0.05) is 67.9 Å². The van der Waals surface area contributed by atoms with Crippen LogP contribution < -0.4 is 0 Å². The fraction of sp³-hybridized carbons (Fsp3) is 0.763. The summed E-state index contributed by atoms with van der Waals surface area (Å²) in [7, 11) is 2.07. The maximum atomic E-state index is 13.1. The Bertz CT molecular complexity index is 1070. The number of rotatable bonds is 14. The van der Waals surface area contributed by atoms with E-state index in [0.717, 1.165) is 43.0 Å². The molecule has 254 valence electrons. The smallest absolute Gasteiger partial charge is 0.306 e. The summed E-state index contributed by atoms with van der Waals surface area (Å²) in [5.41, 5.74) is 3.17. The van der Waals surface area contributed by atoms with Crippen LogP contribution in [0.3, 0.4) is 0 Å². The summed E-state index contributed by atoms with van der Waals surface area (Å²) in [4.78, 5) is 30.3. The fourth-order valence-electron chi connectivity index (χ4n) is 4.67. The molecule has 44 heavy (non-hydrogen) atoms. The minimum Gasteiger partial charge on any atom is -0.460 e. The number of unbranched alkanes of at least 4 members (excludes halogenated alkanes) is 1. The second-order valence-electron chi connectivity index (χ2n) is 16.0. The Morgan fingerprint density at radius 2 is 1.52 bits per heavy atom. The molecule has 1 aromatic rings. The van der Waals surface area contributed by atoms with Crippen LogP contribution in [0.5, 0.6) is 0 Å². The number of aromatic nitrogens is 1. The van der Waals surface area contributed by atoms with E-state index in [2.05, 4.69) is 73.1 Å². The van der Waals surface area contributed by atoms with Crippen LogP contribution in [0.1, 0.15) is 147 Å². The molecule has 0 saturated heterocycles. The highest BCUT2D eigenvalue weighted by molar-refractivity contribution is 6.13. The van der Waals surface area contributed by atoms with Crippen molar-refractivity contribution >= 4 is 23.7 Å². The Kier molecular flexibility index (Phi) is 17.7. The lowest BCUT2D eigenvalue weighted by molar-refractivity contribution is -0.156. The summed E-state index contributed by atoms with van der Waals surface area (Å²) >= 11 is 0. The van der Waals surface area contributed by atoms with Crippen LogP contribution in [0.4, 0.5) is 5.69 Å². The first-order valence-corrected chi connectivity index (χ1v) is 16.8. The van der Waals surface area contributed by atoms with E-state index in [-0.39, 0.29) is 34.6 Å². The molecule has 0 radical (unpaired) electrons. The summed E-state index contributed by atoms with van der Waals surface area (Å²) in [5.74, 6) is 1.13. The van der Waals surface area contributed by atoms with Crippen molar-refractivity contribution < 1.29 is 19.1 Å². The molecular formula is C38H68N2O4. The topological polar surface area (TPSA) is 69.9 Å². The van der Waals surface area contributed by atoms with Crippen LogP contribution in [0.2, 0.25) is 0 Å². The van der Waals surface area contributed by atoms with Crippen molar-refractivity contribution in [3.63, 3.8) is 0 Å². The van der Waals surface area contributed by atoms with Crippen molar-refractivity contribution in [1.29, 1.82) is 0 Å². The van der Waals surface area contributed by atoms with Gasteiger partial charge in [0.1, 0.15) is 5.60 Å². The highest BCUT2D eigenvalue weighted by atomic mass is 16.6. The predicted molar refractivity (Wildman–Crippen MR) is 188 cm³/mol. The van der Waals surface area contributed by atoms with Gasteiger partial charge < -0.3 is 14.0 Å². The number of ether oxygens (including phenoxy) is 2. The van der Waals surface area contributed by atoms with E-state index in [4.69, 9.17) is 14.5 Å². The average Bonchev–Trinajstić information content (AvgIpc) is 3.12. The first kappa shape index (κ1) is 41.8. The largest absolute Gasteiger partial charge is 0.460 e. The minimum absolute atomic E-state index is 0.0192. The molecule has 0 fully saturated rings. The van der Waals surface area contributed by atoms with Crippen molar-refractivity contribution in [3.8, 4) is 0 Å². The fourth-order valence-corrected chi connectivity index (χ4v) is 4.67. The molecule has 0 bridgehead atoms. The van der Waals surface area contributed by atoms with Gasteiger partial charge in [0.2, 0.25) is 0 Å². The SMILES string of the molecule is CC(C)C.CC/C=C(/C=Nc1cc(C(C)(C)C)n(C)c1C)C(=O)CCCCC(COC(C)(C)C)C(C)CC(=O)OC(C)(C)C. The number of hydrogen-bond acceptors (Lipinski definition) is 5. The van der Waals surface area contributed by atoms with Crippen molar-refractivity contribution in [2.75, 3.05) is 6.61 Å². The third-order valence-corrected chi connectivity index (χ3v) is 7.04. The second-order valence-corrected chi connectivity index (χ2v) is 16.0. The maximum Gasteiger partial charge on any atom is 0.306 e. The van der Waals surface area contributed by atoms with Gasteiger partial charge in [-0.05, 0) is 91.5 Å². The van der Waals surface area contributed by atoms with Crippen LogP contribution in [0.25, 0.3) is 0 Å². The van der Waals surface area contributed by atoms with Crippen LogP contribution >= 0.6 is 0 Å². The molecule has 2 atom stereocenters. The van der Waals surface area contributed by atoms with Crippen molar-refractivity contribution in [2.24, 2.45) is 29.8 Å². The van der Waals surface area contributed by atoms with E-state index < -0.39 is 5.60 Å². The van der Waals surface area contributed by atoms with Crippen molar-refractivity contribution in [2.45, 2.75) is 159 Å². The predicted octanol–water partition coefficient (Wildman–Crippen LogP) is 10.3. The zero-order valence-corrected chi connectivity index (χ0v) is 31.4. The summed E-state index contributed by atoms with van der Waals surface area (Å²) in [5, 5.41) is 0. The molecule has 0 aliphatic rings. The van der Waals surface area contributed by atoms with Gasteiger partial charge in [-0.25, -0.2) is 0 Å². The number of carbonyl (C=O) groups excluding carboxylic acids is 2. The van der Waals surface area contributed by atoms with Gasteiger partial charge in [0, 0.05) is 48.5 Å². The van der Waals surface area contributed by atoms with Gasteiger partial charge >= 0.3 is 5.97 Å². The Labute approximate surface area is 271 Å². The normalized spacial score (nSPS) is 14.4. The molecule has 0 amide bonds. The lowest BCUT2D eigenvalue weighted by atomic mass is 9.87. The molecule has 0 spiro atoms. The third-order valence-electron chi connectivity index (χ3n) is 7.04. The summed E-state index contributed by atoms with van der Waals surface area (Å²) in [6.45, 7) is 31.7. The Balaban J connectivity index is 0.00000433. The van der Waals surface area contributed by atoms with Crippen molar-refractivity contribution in [3.05, 3.63) is 29.1 Å². The zero-order valence-electron chi connectivity index (χ0n) is 31.4. The van der Waals surface area contributed by atoms with Crippen LogP contribution in [-0.2, 0) is 31.5 Å². The number of aliphatic imine (C=N–C) groups is 1. The van der Waals surface area contributed by atoms with E-state index >= 15 is 0 Å². The highest BCUT2D eigenvalue weighted by Gasteiger charge is 2.26. The Hall–Kier alpha value is -2.21. The number of esters is 1. The van der Waals surface area contributed by atoms with E-state index in [9.17, 15) is 9.59 Å². The summed E-state index contributed by atoms with van der Waals surface area (Å²) in [6.07, 6.45) is 7.91. The molecule has 1 rings (SSSR count). The van der Waals surface area contributed by atoms with Gasteiger partial charge in [-0.3, -0.25) is 14.6 Å². The van der Waals surface area contributed by atoms with Gasteiger partial charge in [0.25, 0.3) is 0 Å². The van der Waals surface area contributed by atoms with Crippen LogP contribution in [0.15, 0.2) is 22.7 Å². The first-order chi connectivity index (χ1) is 20.0. The third kappa shape index (κ3) is 17.9. The van der Waals surface area contributed by atoms with Gasteiger partial charge in [-0.15, -0.1) is 0 Å². The zero-order chi connectivity index (χ0) is 34.5. The maximum absolute atomic E-state index is 13.1. The van der Waals surface area contributed by atoms with Gasteiger partial charge in [0.05, 0.1) is 17.9 Å². The highest BCUT2D eigenvalue weighted by Crippen LogP contribution is 2.31. The lowest BCUT2D eigenvalue weighted by Gasteiger charge is -2.29. The van der Waals surface area contributed by atoms with Gasteiger partial charge in [-0.2, -0.15) is 0 Å². The number of carbonyl (C=O) groups is 2. The van der Waals surface area contributed by atoms with E-state index in [1.807, 2.05) is 54.5 Å². The van der Waals surface area contributed by atoms with Crippen LogP contribution in [0, 0.1) is 24.7 Å². The molecule has 1 aromatic heterocycles. The quantitative estimate of drug-likeness (QED) is 0.0902. The molecule has 0 N–H and O–H groups in total. The van der Waals surface area contributed by atoms with E-state index in [1.165, 1.54) is 5.69 Å². The molecule has 0 saturated carbocycles. The standard InChI is InChI=1S/C34H58N2O4.C4H10/c1-14-17-26(22-35-28-21-30(32(4,5)6)36(13)25(28)3)29(37)19-16-15-18-27(23-39-33(7,8)9)24(2)20-31(38)40-34(10,11)12;1-4(2)3/h17,21-22,24,27H,14-16,18-20,23H2,1-13H3;4H,1-3H3/b26-17-,35-22?;. The molecule has 6 nitrogen and oxygen atoms in total. The summed E-state index contributed by atoms with van der Waals surface area (Å²) in [6, 6.07) is 2.12. The number of hydrogen-bond donors (Lipinski definition) is 0. The average molecular weight is 617 g/mol. The number of Topliss-reactive ketones (excluding diaryl/α,β-unsaturated/α-hetero) is 1. The first-order valence-electron chi connectivity index (χ1n) is 16.8. The van der Waals surface area contributed by atoms with Gasteiger partial charge in [0.15, 0.2) is 5.78 Å². The van der Waals surface area contributed by atoms with Crippen LogP contribution in [-0.4, -0.2) is 40.3 Å². The molecule has 2 unspecified atom stereocenters. The molecule has 0 aliphatic heterocycles. The number of nitrogens with zero attached hydrogens (tertiary/aromatic N) is 2. The molecule has 6 heteroatoms. The van der Waals surface area contributed by atoms with Crippen molar-refractivity contribution in [1.82, 2.24) is 4.57 Å².